The van der Waals surface area contributed by atoms with E-state index in [-0.39, 0.29) is 17.5 Å². The van der Waals surface area contributed by atoms with Crippen molar-refractivity contribution in [3.05, 3.63) is 35.4 Å². The summed E-state index contributed by atoms with van der Waals surface area (Å²) >= 11 is 0. The number of hydrogen-bond acceptors (Lipinski definition) is 2. The van der Waals surface area contributed by atoms with Gasteiger partial charge >= 0.3 is 0 Å². The topological polar surface area (TPSA) is 32.3 Å². The first kappa shape index (κ1) is 17.6. The van der Waals surface area contributed by atoms with E-state index in [4.69, 9.17) is 0 Å². The fraction of sp³-hybridized carbons (Fsp3) is 0.562. The quantitative estimate of drug-likeness (QED) is 0.905. The highest BCUT2D eigenvalue weighted by Gasteiger charge is 2.19. The fourth-order valence-electron chi connectivity index (χ4n) is 1.93. The number of hydrogen-bond donors (Lipinski definition) is 1. The monoisotopic (exact) mass is 298 g/mol. The lowest BCUT2D eigenvalue weighted by atomic mass is 10.1. The first-order valence-corrected chi connectivity index (χ1v) is 7.07. The van der Waals surface area contributed by atoms with E-state index >= 15 is 0 Å². The van der Waals surface area contributed by atoms with Gasteiger partial charge in [-0.15, -0.1) is 0 Å². The molecule has 1 unspecified atom stereocenters. The van der Waals surface area contributed by atoms with Gasteiger partial charge in [0.1, 0.15) is 0 Å². The number of amides is 1. The van der Waals surface area contributed by atoms with E-state index in [1.165, 1.54) is 6.07 Å². The van der Waals surface area contributed by atoms with Crippen LogP contribution in [0.15, 0.2) is 18.2 Å². The molecule has 0 aliphatic heterocycles. The minimum absolute atomic E-state index is 0.0371. The summed E-state index contributed by atoms with van der Waals surface area (Å²) in [4.78, 5) is 13.7. The van der Waals surface area contributed by atoms with Gasteiger partial charge in [0.2, 0.25) is 5.91 Å². The molecular weight excluding hydrogens is 274 g/mol. The molecule has 1 rings (SSSR count). The van der Waals surface area contributed by atoms with Crippen molar-refractivity contribution in [1.29, 1.82) is 0 Å². The molecule has 0 fully saturated rings. The Morgan fingerprint density at radius 3 is 2.43 bits per heavy atom. The van der Waals surface area contributed by atoms with Crippen LogP contribution in [-0.2, 0) is 4.79 Å². The first-order chi connectivity index (χ1) is 9.61. The largest absolute Gasteiger partial charge is 0.339 e. The van der Waals surface area contributed by atoms with E-state index in [0.29, 0.717) is 18.5 Å². The van der Waals surface area contributed by atoms with Crippen molar-refractivity contribution in [2.45, 2.75) is 45.7 Å². The average Bonchev–Trinajstić information content (AvgIpc) is 2.38. The second-order valence-electron chi connectivity index (χ2n) is 6.28. The van der Waals surface area contributed by atoms with Gasteiger partial charge in [0.15, 0.2) is 11.6 Å². The maximum atomic E-state index is 13.2. The number of carbonyl (C=O) groups is 1. The van der Waals surface area contributed by atoms with Crippen molar-refractivity contribution >= 4 is 5.91 Å². The Morgan fingerprint density at radius 1 is 1.29 bits per heavy atom. The maximum absolute atomic E-state index is 13.2. The normalized spacial score (nSPS) is 13.1. The van der Waals surface area contributed by atoms with Gasteiger partial charge in [0, 0.05) is 25.6 Å². The Morgan fingerprint density at radius 2 is 1.90 bits per heavy atom. The highest BCUT2D eigenvalue weighted by molar-refractivity contribution is 5.76. The van der Waals surface area contributed by atoms with Gasteiger partial charge in [0.25, 0.3) is 0 Å². The third-order valence-electron chi connectivity index (χ3n) is 3.39. The van der Waals surface area contributed by atoms with Crippen LogP contribution in [-0.4, -0.2) is 29.9 Å². The predicted molar refractivity (Wildman–Crippen MR) is 79.9 cm³/mol. The number of carbonyl (C=O) groups excluding carboxylic acids is 1. The summed E-state index contributed by atoms with van der Waals surface area (Å²) in [5.41, 5.74) is 0.540. The molecule has 118 valence electrons. The summed E-state index contributed by atoms with van der Waals surface area (Å²) in [6.07, 6.45) is 0.363. The zero-order valence-electron chi connectivity index (χ0n) is 13.3. The lowest BCUT2D eigenvalue weighted by molar-refractivity contribution is -0.131. The Balaban J connectivity index is 2.62. The summed E-state index contributed by atoms with van der Waals surface area (Å²) in [6.45, 7) is 8.47. The molecule has 1 aromatic carbocycles. The van der Waals surface area contributed by atoms with Crippen LogP contribution in [0.3, 0.4) is 0 Å². The SMILES string of the molecule is CC(c1ccc(F)c(F)c1)N(C)C(=O)CCNC(C)(C)C. The van der Waals surface area contributed by atoms with Crippen molar-refractivity contribution in [2.75, 3.05) is 13.6 Å². The second kappa shape index (κ2) is 6.98. The molecule has 0 bridgehead atoms. The molecule has 1 atom stereocenters. The Kier molecular flexibility index (Phi) is 5.84. The highest BCUT2D eigenvalue weighted by atomic mass is 19.2. The second-order valence-corrected chi connectivity index (χ2v) is 6.28. The van der Waals surface area contributed by atoms with E-state index in [1.807, 2.05) is 20.8 Å². The van der Waals surface area contributed by atoms with Crippen molar-refractivity contribution in [3.63, 3.8) is 0 Å². The lowest BCUT2D eigenvalue weighted by Crippen LogP contribution is -2.39. The van der Waals surface area contributed by atoms with Crippen LogP contribution in [0.5, 0.6) is 0 Å². The molecule has 3 nitrogen and oxygen atoms in total. The molecule has 0 saturated heterocycles. The lowest BCUT2D eigenvalue weighted by Gasteiger charge is -2.27. The summed E-state index contributed by atoms with van der Waals surface area (Å²) in [5.74, 6) is -1.81. The summed E-state index contributed by atoms with van der Waals surface area (Å²) < 4.78 is 26.2. The van der Waals surface area contributed by atoms with Gasteiger partial charge in [-0.25, -0.2) is 8.78 Å². The number of rotatable bonds is 5. The van der Waals surface area contributed by atoms with E-state index < -0.39 is 11.6 Å². The van der Waals surface area contributed by atoms with E-state index in [0.717, 1.165) is 12.1 Å². The van der Waals surface area contributed by atoms with Gasteiger partial charge in [-0.2, -0.15) is 0 Å². The number of benzene rings is 1. The average molecular weight is 298 g/mol. The van der Waals surface area contributed by atoms with Crippen molar-refractivity contribution in [1.82, 2.24) is 10.2 Å². The molecule has 0 aliphatic carbocycles. The highest BCUT2D eigenvalue weighted by Crippen LogP contribution is 2.21. The molecule has 0 radical (unpaired) electrons. The molecule has 0 aliphatic rings. The van der Waals surface area contributed by atoms with Crippen LogP contribution in [0, 0.1) is 11.6 Å². The Hall–Kier alpha value is -1.49. The van der Waals surface area contributed by atoms with Gasteiger partial charge < -0.3 is 10.2 Å². The maximum Gasteiger partial charge on any atom is 0.224 e. The van der Waals surface area contributed by atoms with Crippen LogP contribution in [0.25, 0.3) is 0 Å². The molecular formula is C16H24F2N2O. The molecule has 0 spiro atoms. The molecule has 5 heteroatoms. The van der Waals surface area contributed by atoms with Crippen LogP contribution < -0.4 is 5.32 Å². The van der Waals surface area contributed by atoms with E-state index in [9.17, 15) is 13.6 Å². The molecule has 0 saturated carbocycles. The van der Waals surface area contributed by atoms with E-state index in [2.05, 4.69) is 5.32 Å². The Labute approximate surface area is 125 Å². The minimum Gasteiger partial charge on any atom is -0.339 e. The standard InChI is InChI=1S/C16H24F2N2O/c1-11(12-6-7-13(17)14(18)10-12)20(5)15(21)8-9-19-16(2,3)4/h6-7,10-11,19H,8-9H2,1-5H3. The first-order valence-electron chi connectivity index (χ1n) is 7.07. The van der Waals surface area contributed by atoms with Crippen molar-refractivity contribution in [2.24, 2.45) is 0 Å². The Bertz CT molecular complexity index is 498. The summed E-state index contributed by atoms with van der Waals surface area (Å²) in [5, 5.41) is 3.25. The van der Waals surface area contributed by atoms with Gasteiger partial charge in [-0.3, -0.25) is 4.79 Å². The molecule has 1 amide bonds. The smallest absolute Gasteiger partial charge is 0.224 e. The number of nitrogens with zero attached hydrogens (tertiary/aromatic N) is 1. The third kappa shape index (κ3) is 5.42. The fourth-order valence-corrected chi connectivity index (χ4v) is 1.93. The summed E-state index contributed by atoms with van der Waals surface area (Å²) in [6, 6.07) is 3.42. The number of halogens is 2. The van der Waals surface area contributed by atoms with Crippen molar-refractivity contribution < 1.29 is 13.6 Å². The zero-order valence-corrected chi connectivity index (χ0v) is 13.3. The summed E-state index contributed by atoms with van der Waals surface area (Å²) in [7, 11) is 1.67. The van der Waals surface area contributed by atoms with Gasteiger partial charge in [-0.05, 0) is 45.4 Å². The van der Waals surface area contributed by atoms with Crippen LogP contribution >= 0.6 is 0 Å². The van der Waals surface area contributed by atoms with Crippen LogP contribution in [0.4, 0.5) is 8.78 Å². The zero-order chi connectivity index (χ0) is 16.2. The third-order valence-corrected chi connectivity index (χ3v) is 3.39. The molecule has 0 heterocycles. The van der Waals surface area contributed by atoms with Gasteiger partial charge in [-0.1, -0.05) is 6.07 Å². The van der Waals surface area contributed by atoms with Crippen LogP contribution in [0.1, 0.15) is 45.7 Å². The van der Waals surface area contributed by atoms with Gasteiger partial charge in [0.05, 0.1) is 6.04 Å². The minimum atomic E-state index is -0.894. The molecule has 1 aromatic rings. The molecule has 21 heavy (non-hydrogen) atoms. The number of nitrogens with one attached hydrogen (secondary N) is 1. The van der Waals surface area contributed by atoms with E-state index in [1.54, 1.807) is 18.9 Å². The molecule has 1 N–H and O–H groups in total. The van der Waals surface area contributed by atoms with Crippen molar-refractivity contribution in [3.8, 4) is 0 Å². The predicted octanol–water partition coefficient (Wildman–Crippen LogP) is 3.26. The van der Waals surface area contributed by atoms with Crippen LogP contribution in [0.2, 0.25) is 0 Å². The molecule has 0 aromatic heterocycles.